The number of hydrogen-bond donors (Lipinski definition) is 3. The quantitative estimate of drug-likeness (QED) is 0.286. The number of carboxylic acid groups (broad SMARTS) is 1. The fourth-order valence-corrected chi connectivity index (χ4v) is 4.69. The van der Waals surface area contributed by atoms with Gasteiger partial charge in [0.15, 0.2) is 0 Å². The fourth-order valence-electron chi connectivity index (χ4n) is 4.69. The molecule has 8 nitrogen and oxygen atoms in total. The minimum Gasteiger partial charge on any atom is -0.481 e. The summed E-state index contributed by atoms with van der Waals surface area (Å²) in [5.41, 5.74) is 2.05. The Balaban J connectivity index is 1.41. The molecule has 1 fully saturated rings. The predicted octanol–water partition coefficient (Wildman–Crippen LogP) is 6.30. The summed E-state index contributed by atoms with van der Waals surface area (Å²) in [7, 11) is 0. The third-order valence-electron chi connectivity index (χ3n) is 6.96. The summed E-state index contributed by atoms with van der Waals surface area (Å²) in [6.45, 7) is 2.74. The number of urea groups is 1. The number of ether oxygens (including phenoxy) is 1. The van der Waals surface area contributed by atoms with E-state index in [4.69, 9.17) is 9.84 Å². The molecular weight excluding hydrogens is 494 g/mol. The Morgan fingerprint density at radius 1 is 0.872 bits per heavy atom. The molecule has 0 aliphatic heterocycles. The van der Waals surface area contributed by atoms with Gasteiger partial charge in [-0.25, -0.2) is 4.79 Å². The molecule has 0 radical (unpaired) electrons. The average molecular weight is 530 g/mol. The smallest absolute Gasteiger partial charge is 0.322 e. The van der Waals surface area contributed by atoms with E-state index in [0.717, 1.165) is 37.0 Å². The van der Waals surface area contributed by atoms with Crippen LogP contribution in [-0.2, 0) is 11.3 Å². The highest BCUT2D eigenvalue weighted by molar-refractivity contribution is 5.94. The van der Waals surface area contributed by atoms with Crippen LogP contribution in [0.4, 0.5) is 10.5 Å². The van der Waals surface area contributed by atoms with Crippen LogP contribution < -0.4 is 15.4 Å². The topological polar surface area (TPSA) is 108 Å². The lowest BCUT2D eigenvalue weighted by atomic mass is 9.86. The monoisotopic (exact) mass is 529 g/mol. The Morgan fingerprint density at radius 3 is 2.15 bits per heavy atom. The molecule has 0 saturated heterocycles. The molecule has 3 amide bonds. The van der Waals surface area contributed by atoms with Gasteiger partial charge in [0.25, 0.3) is 5.91 Å². The molecule has 0 heterocycles. The molecule has 1 aliphatic carbocycles. The zero-order valence-electron chi connectivity index (χ0n) is 22.1. The predicted molar refractivity (Wildman–Crippen MR) is 150 cm³/mol. The lowest BCUT2D eigenvalue weighted by Gasteiger charge is -2.36. The van der Waals surface area contributed by atoms with Crippen LogP contribution in [0.5, 0.6) is 11.5 Å². The summed E-state index contributed by atoms with van der Waals surface area (Å²) >= 11 is 0. The van der Waals surface area contributed by atoms with E-state index in [1.165, 1.54) is 0 Å². The number of anilines is 1. The molecule has 0 unspecified atom stereocenters. The molecule has 3 N–H and O–H groups in total. The number of benzene rings is 3. The van der Waals surface area contributed by atoms with Crippen LogP contribution in [0, 0.1) is 5.92 Å². The Labute approximate surface area is 229 Å². The maximum Gasteiger partial charge on any atom is 0.322 e. The number of aliphatic carboxylic acids is 1. The van der Waals surface area contributed by atoms with Crippen molar-refractivity contribution in [1.29, 1.82) is 0 Å². The molecule has 0 spiro atoms. The van der Waals surface area contributed by atoms with E-state index in [0.29, 0.717) is 29.5 Å². The van der Waals surface area contributed by atoms with Crippen molar-refractivity contribution < 1.29 is 24.2 Å². The van der Waals surface area contributed by atoms with E-state index in [1.54, 1.807) is 12.1 Å². The van der Waals surface area contributed by atoms with Gasteiger partial charge in [0.1, 0.15) is 11.5 Å². The van der Waals surface area contributed by atoms with Crippen molar-refractivity contribution in [3.05, 3.63) is 90.0 Å². The van der Waals surface area contributed by atoms with E-state index in [9.17, 15) is 14.4 Å². The van der Waals surface area contributed by atoms with Crippen molar-refractivity contribution in [2.45, 2.75) is 51.6 Å². The van der Waals surface area contributed by atoms with Crippen LogP contribution in [0.15, 0.2) is 78.9 Å². The number of carbonyl (C=O) groups excluding carboxylic acids is 2. The van der Waals surface area contributed by atoms with Gasteiger partial charge in [0.05, 0.1) is 6.42 Å². The number of rotatable bonds is 10. The van der Waals surface area contributed by atoms with Gasteiger partial charge in [-0.05, 0) is 85.7 Å². The number of carbonyl (C=O) groups is 3. The van der Waals surface area contributed by atoms with Gasteiger partial charge in [0.2, 0.25) is 0 Å². The van der Waals surface area contributed by atoms with Crippen LogP contribution in [0.2, 0.25) is 0 Å². The highest BCUT2D eigenvalue weighted by atomic mass is 16.5. The third kappa shape index (κ3) is 8.33. The first-order valence-corrected chi connectivity index (χ1v) is 13.4. The lowest BCUT2D eigenvalue weighted by Crippen LogP contribution is -2.44. The van der Waals surface area contributed by atoms with Crippen molar-refractivity contribution in [1.82, 2.24) is 10.2 Å². The molecule has 1 aliphatic rings. The molecule has 204 valence electrons. The van der Waals surface area contributed by atoms with E-state index in [1.807, 2.05) is 71.6 Å². The molecule has 0 bridgehead atoms. The van der Waals surface area contributed by atoms with Gasteiger partial charge in [-0.2, -0.15) is 0 Å². The maximum atomic E-state index is 13.5. The molecule has 0 atom stereocenters. The zero-order chi connectivity index (χ0) is 27.6. The average Bonchev–Trinajstić information content (AvgIpc) is 2.94. The second kappa shape index (κ2) is 13.5. The van der Waals surface area contributed by atoms with E-state index in [2.05, 4.69) is 17.6 Å². The van der Waals surface area contributed by atoms with Crippen LogP contribution in [0.25, 0.3) is 0 Å². The summed E-state index contributed by atoms with van der Waals surface area (Å²) in [5, 5.41) is 14.4. The fraction of sp³-hybridized carbons (Fsp3) is 0.323. The van der Waals surface area contributed by atoms with Gasteiger partial charge in [-0.1, -0.05) is 37.3 Å². The van der Waals surface area contributed by atoms with Gasteiger partial charge in [-0.15, -0.1) is 0 Å². The Hall–Kier alpha value is -4.33. The summed E-state index contributed by atoms with van der Waals surface area (Å²) in [6.07, 6.45) is 3.92. The minimum absolute atomic E-state index is 0.0727. The summed E-state index contributed by atoms with van der Waals surface area (Å²) in [5.74, 6) is 0.804. The first kappa shape index (κ1) is 27.7. The second-order valence-electron chi connectivity index (χ2n) is 10.0. The minimum atomic E-state index is -0.961. The summed E-state index contributed by atoms with van der Waals surface area (Å²) in [6, 6.07) is 23.9. The number of nitrogens with zero attached hydrogens (tertiary/aromatic N) is 1. The molecule has 4 rings (SSSR count). The first-order valence-electron chi connectivity index (χ1n) is 13.4. The van der Waals surface area contributed by atoms with Crippen LogP contribution in [-0.4, -0.2) is 40.5 Å². The SMILES string of the molecule is CC1CCC(N(Cc2ccc(C(=O)NCCC(=O)O)cc2)C(=O)Nc2ccc(Oc3ccccc3)cc2)CC1. The van der Waals surface area contributed by atoms with Crippen LogP contribution >= 0.6 is 0 Å². The first-order chi connectivity index (χ1) is 18.9. The molecule has 3 aromatic carbocycles. The molecular formula is C31H35N3O5. The highest BCUT2D eigenvalue weighted by Gasteiger charge is 2.28. The molecule has 3 aromatic rings. The van der Waals surface area contributed by atoms with Gasteiger partial charge >= 0.3 is 12.0 Å². The van der Waals surface area contributed by atoms with Crippen molar-refractivity contribution in [2.24, 2.45) is 5.92 Å². The number of hydrogen-bond acceptors (Lipinski definition) is 4. The van der Waals surface area contributed by atoms with Crippen molar-refractivity contribution in [3.63, 3.8) is 0 Å². The van der Waals surface area contributed by atoms with E-state index in [-0.39, 0.29) is 30.9 Å². The van der Waals surface area contributed by atoms with Crippen molar-refractivity contribution >= 4 is 23.6 Å². The second-order valence-corrected chi connectivity index (χ2v) is 10.0. The van der Waals surface area contributed by atoms with E-state index >= 15 is 0 Å². The number of carboxylic acids is 1. The molecule has 8 heteroatoms. The summed E-state index contributed by atoms with van der Waals surface area (Å²) < 4.78 is 5.85. The summed E-state index contributed by atoms with van der Waals surface area (Å²) in [4.78, 5) is 38.3. The standard InChI is InChI=1S/C31H35N3O5/c1-22-7-15-26(16-8-22)34(21-23-9-11-24(12-10-23)30(37)32-20-19-29(35)36)31(38)33-25-13-17-28(18-14-25)39-27-5-3-2-4-6-27/h2-6,9-14,17-18,22,26H,7-8,15-16,19-21H2,1H3,(H,32,37)(H,33,38)(H,35,36). The van der Waals surface area contributed by atoms with Gasteiger partial charge in [0, 0.05) is 30.4 Å². The van der Waals surface area contributed by atoms with Crippen molar-refractivity contribution in [2.75, 3.05) is 11.9 Å². The van der Waals surface area contributed by atoms with Gasteiger partial charge < -0.3 is 25.4 Å². The van der Waals surface area contributed by atoms with Crippen LogP contribution in [0.3, 0.4) is 0 Å². The third-order valence-corrected chi connectivity index (χ3v) is 6.96. The van der Waals surface area contributed by atoms with Crippen molar-refractivity contribution in [3.8, 4) is 11.5 Å². The van der Waals surface area contributed by atoms with Gasteiger partial charge in [-0.3, -0.25) is 9.59 Å². The number of amides is 3. The Morgan fingerprint density at radius 2 is 1.51 bits per heavy atom. The molecule has 0 aromatic heterocycles. The largest absolute Gasteiger partial charge is 0.481 e. The number of nitrogens with one attached hydrogen (secondary N) is 2. The molecule has 39 heavy (non-hydrogen) atoms. The number of para-hydroxylation sites is 1. The highest BCUT2D eigenvalue weighted by Crippen LogP contribution is 2.29. The molecule has 1 saturated carbocycles. The zero-order valence-corrected chi connectivity index (χ0v) is 22.1. The maximum absolute atomic E-state index is 13.5. The van der Waals surface area contributed by atoms with Crippen LogP contribution in [0.1, 0.15) is 54.9 Å². The lowest BCUT2D eigenvalue weighted by molar-refractivity contribution is -0.136. The van der Waals surface area contributed by atoms with E-state index < -0.39 is 5.97 Å². The Bertz CT molecular complexity index is 1240. The normalized spacial score (nSPS) is 16.6. The Kier molecular flexibility index (Phi) is 9.56.